The van der Waals surface area contributed by atoms with Gasteiger partial charge in [0.25, 0.3) is 0 Å². The molecule has 1 amide bonds. The Morgan fingerprint density at radius 3 is 2.24 bits per heavy atom. The van der Waals surface area contributed by atoms with Gasteiger partial charge in [-0.05, 0) is 61.7 Å². The number of aliphatic hydroxyl groups excluding tert-OH is 1. The van der Waals surface area contributed by atoms with E-state index in [1.54, 1.807) is 24.3 Å². The number of aliphatic hydroxyl groups is 1. The van der Waals surface area contributed by atoms with Crippen LogP contribution in [0.5, 0.6) is 11.5 Å². The van der Waals surface area contributed by atoms with Gasteiger partial charge >= 0.3 is 0 Å². The molecule has 0 aliphatic carbocycles. The molecule has 2 rings (SSSR count). The van der Waals surface area contributed by atoms with Crippen molar-refractivity contribution in [3.8, 4) is 11.5 Å². The van der Waals surface area contributed by atoms with Crippen molar-refractivity contribution in [2.75, 3.05) is 18.5 Å². The summed E-state index contributed by atoms with van der Waals surface area (Å²) in [5.41, 5.74) is 3.99. The molecule has 0 fully saturated rings. The Morgan fingerprint density at radius 1 is 1.00 bits per heavy atom. The number of ether oxygens (including phenoxy) is 2. The number of nitrogens with one attached hydrogen (secondary N) is 1. The molecule has 0 radical (unpaired) electrons. The van der Waals surface area contributed by atoms with E-state index in [4.69, 9.17) is 9.47 Å². The molecule has 0 unspecified atom stereocenters. The van der Waals surface area contributed by atoms with E-state index in [2.05, 4.69) is 11.4 Å². The normalized spacial score (nSPS) is 11.7. The van der Waals surface area contributed by atoms with Gasteiger partial charge in [0.05, 0.1) is 0 Å². The Kier molecular flexibility index (Phi) is 6.42. The highest BCUT2D eigenvalue weighted by molar-refractivity contribution is 5.88. The summed E-state index contributed by atoms with van der Waals surface area (Å²) in [7, 11) is 0. The van der Waals surface area contributed by atoms with E-state index >= 15 is 0 Å². The minimum absolute atomic E-state index is 0.122. The number of amides is 1. The van der Waals surface area contributed by atoms with Crippen LogP contribution in [0.1, 0.15) is 23.6 Å². The summed E-state index contributed by atoms with van der Waals surface area (Å²) >= 11 is 0. The third-order valence-corrected chi connectivity index (χ3v) is 3.91. The van der Waals surface area contributed by atoms with Gasteiger partial charge in [0.1, 0.15) is 30.8 Å². The molecule has 5 heteroatoms. The Balaban J connectivity index is 1.84. The number of carbonyl (C=O) groups excluding carboxylic acids is 1. The largest absolute Gasteiger partial charge is 0.491 e. The van der Waals surface area contributed by atoms with Gasteiger partial charge in [-0.2, -0.15) is 0 Å². The van der Waals surface area contributed by atoms with Crippen molar-refractivity contribution in [2.24, 2.45) is 0 Å². The molecule has 0 saturated carbocycles. The first-order valence-electron chi connectivity index (χ1n) is 8.25. The van der Waals surface area contributed by atoms with Gasteiger partial charge in [0.2, 0.25) is 5.91 Å². The van der Waals surface area contributed by atoms with Crippen molar-refractivity contribution >= 4 is 11.6 Å². The number of anilines is 1. The maximum absolute atomic E-state index is 11.0. The van der Waals surface area contributed by atoms with Crippen molar-refractivity contribution in [2.45, 2.75) is 33.8 Å². The number of aryl methyl sites for hydroxylation is 2. The predicted octanol–water partition coefficient (Wildman–Crippen LogP) is 3.39. The van der Waals surface area contributed by atoms with E-state index in [0.29, 0.717) is 11.4 Å². The number of carbonyl (C=O) groups is 1. The summed E-state index contributed by atoms with van der Waals surface area (Å²) in [6.45, 7) is 7.78. The van der Waals surface area contributed by atoms with Gasteiger partial charge < -0.3 is 19.9 Å². The quantitative estimate of drug-likeness (QED) is 0.809. The molecule has 2 aromatic rings. The smallest absolute Gasteiger partial charge is 0.221 e. The molecule has 25 heavy (non-hydrogen) atoms. The number of hydrogen-bond acceptors (Lipinski definition) is 4. The average Bonchev–Trinajstić information content (AvgIpc) is 2.57. The second kappa shape index (κ2) is 8.53. The molecule has 0 spiro atoms. The third kappa shape index (κ3) is 5.50. The lowest BCUT2D eigenvalue weighted by Gasteiger charge is -2.17. The zero-order chi connectivity index (χ0) is 18.4. The number of hydrogen-bond donors (Lipinski definition) is 2. The summed E-state index contributed by atoms with van der Waals surface area (Å²) in [4.78, 5) is 11.0. The monoisotopic (exact) mass is 343 g/mol. The van der Waals surface area contributed by atoms with Crippen LogP contribution in [-0.4, -0.2) is 30.3 Å². The van der Waals surface area contributed by atoms with Crippen LogP contribution in [0, 0.1) is 20.8 Å². The highest BCUT2D eigenvalue weighted by atomic mass is 16.5. The lowest BCUT2D eigenvalue weighted by molar-refractivity contribution is -0.114. The van der Waals surface area contributed by atoms with Crippen molar-refractivity contribution in [3.05, 3.63) is 53.1 Å². The lowest BCUT2D eigenvalue weighted by Crippen LogP contribution is -2.25. The second-order valence-electron chi connectivity index (χ2n) is 6.13. The Labute approximate surface area is 148 Å². The first-order chi connectivity index (χ1) is 11.9. The molecular formula is C20H25NO4. The minimum atomic E-state index is -0.741. The summed E-state index contributed by atoms with van der Waals surface area (Å²) < 4.78 is 11.3. The number of rotatable bonds is 7. The van der Waals surface area contributed by atoms with Gasteiger partial charge in [-0.1, -0.05) is 12.1 Å². The first kappa shape index (κ1) is 18.8. The molecule has 0 aromatic heterocycles. The van der Waals surface area contributed by atoms with Crippen molar-refractivity contribution < 1.29 is 19.4 Å². The van der Waals surface area contributed by atoms with Crippen molar-refractivity contribution in [3.63, 3.8) is 0 Å². The zero-order valence-electron chi connectivity index (χ0n) is 15.1. The molecule has 0 aliphatic rings. The minimum Gasteiger partial charge on any atom is -0.491 e. The Bertz CT molecular complexity index is 725. The summed E-state index contributed by atoms with van der Waals surface area (Å²) in [5, 5.41) is 12.8. The molecule has 5 nitrogen and oxygen atoms in total. The van der Waals surface area contributed by atoms with Crippen molar-refractivity contribution in [1.82, 2.24) is 0 Å². The molecule has 134 valence electrons. The molecule has 2 N–H and O–H groups in total. The van der Waals surface area contributed by atoms with Crippen LogP contribution in [0.3, 0.4) is 0 Å². The third-order valence-electron chi connectivity index (χ3n) is 3.91. The fourth-order valence-electron chi connectivity index (χ4n) is 2.41. The van der Waals surface area contributed by atoms with Crippen LogP contribution < -0.4 is 14.8 Å². The Hall–Kier alpha value is -2.53. The molecule has 2 aromatic carbocycles. The molecule has 0 saturated heterocycles. The van der Waals surface area contributed by atoms with Crippen LogP contribution in [-0.2, 0) is 4.79 Å². The topological polar surface area (TPSA) is 67.8 Å². The maximum Gasteiger partial charge on any atom is 0.221 e. The van der Waals surface area contributed by atoms with E-state index < -0.39 is 6.10 Å². The summed E-state index contributed by atoms with van der Waals surface area (Å²) in [5.74, 6) is 1.32. The SMILES string of the molecule is CC(=O)Nc1ccc(OC[C@H](O)COc2c(C)ccc(C)c2C)cc1. The van der Waals surface area contributed by atoms with E-state index in [9.17, 15) is 9.90 Å². The predicted molar refractivity (Wildman–Crippen MR) is 98.4 cm³/mol. The van der Waals surface area contributed by atoms with Crippen LogP contribution in [0.4, 0.5) is 5.69 Å². The zero-order valence-corrected chi connectivity index (χ0v) is 15.1. The molecular weight excluding hydrogens is 318 g/mol. The standard InChI is InChI=1S/C20H25NO4/c1-13-5-6-14(2)20(15(13)3)25-12-18(23)11-24-19-9-7-17(8-10-19)21-16(4)22/h5-10,18,23H,11-12H2,1-4H3,(H,21,22)/t18-/m0/s1. The molecule has 0 heterocycles. The van der Waals surface area contributed by atoms with Crippen molar-refractivity contribution in [1.29, 1.82) is 0 Å². The fourth-order valence-corrected chi connectivity index (χ4v) is 2.41. The first-order valence-corrected chi connectivity index (χ1v) is 8.25. The van der Waals surface area contributed by atoms with Gasteiger partial charge in [0, 0.05) is 12.6 Å². The maximum atomic E-state index is 11.0. The fraction of sp³-hybridized carbons (Fsp3) is 0.350. The highest BCUT2D eigenvalue weighted by Gasteiger charge is 2.11. The summed E-state index contributed by atoms with van der Waals surface area (Å²) in [6.07, 6.45) is -0.741. The lowest BCUT2D eigenvalue weighted by atomic mass is 10.1. The van der Waals surface area contributed by atoms with E-state index in [1.165, 1.54) is 6.92 Å². The Morgan fingerprint density at radius 2 is 1.60 bits per heavy atom. The van der Waals surface area contributed by atoms with E-state index in [0.717, 1.165) is 22.4 Å². The summed E-state index contributed by atoms with van der Waals surface area (Å²) in [6, 6.07) is 11.1. The van der Waals surface area contributed by atoms with E-state index in [1.807, 2.05) is 26.8 Å². The highest BCUT2D eigenvalue weighted by Crippen LogP contribution is 2.25. The molecule has 0 bridgehead atoms. The van der Waals surface area contributed by atoms with Crippen LogP contribution in [0.25, 0.3) is 0 Å². The average molecular weight is 343 g/mol. The van der Waals surface area contributed by atoms with Crippen LogP contribution in [0.2, 0.25) is 0 Å². The van der Waals surface area contributed by atoms with Gasteiger partial charge in [0.15, 0.2) is 0 Å². The second-order valence-corrected chi connectivity index (χ2v) is 6.13. The van der Waals surface area contributed by atoms with E-state index in [-0.39, 0.29) is 19.1 Å². The molecule has 1 atom stereocenters. The van der Waals surface area contributed by atoms with Crippen LogP contribution in [0.15, 0.2) is 36.4 Å². The van der Waals surface area contributed by atoms with Gasteiger partial charge in [-0.25, -0.2) is 0 Å². The number of benzene rings is 2. The van der Waals surface area contributed by atoms with Crippen LogP contribution >= 0.6 is 0 Å². The van der Waals surface area contributed by atoms with Gasteiger partial charge in [-0.15, -0.1) is 0 Å². The van der Waals surface area contributed by atoms with Gasteiger partial charge in [-0.3, -0.25) is 4.79 Å². The molecule has 0 aliphatic heterocycles.